The maximum atomic E-state index is 12.6. The van der Waals surface area contributed by atoms with Gasteiger partial charge in [0.1, 0.15) is 11.6 Å². The van der Waals surface area contributed by atoms with Crippen LogP contribution in [-0.2, 0) is 6.54 Å². The number of pyridine rings is 1. The molecule has 0 aliphatic rings. The highest BCUT2D eigenvalue weighted by atomic mass is 19.1. The SMILES string of the molecule is Fc1ccc(NCCCn2ccnn2)nc1. The lowest BCUT2D eigenvalue weighted by molar-refractivity contribution is 0.569. The third-order valence-electron chi connectivity index (χ3n) is 2.07. The van der Waals surface area contributed by atoms with Gasteiger partial charge in [0.05, 0.1) is 12.4 Å². The van der Waals surface area contributed by atoms with Crippen molar-refractivity contribution in [3.05, 3.63) is 36.5 Å². The van der Waals surface area contributed by atoms with Crippen LogP contribution < -0.4 is 5.32 Å². The Morgan fingerprint density at radius 1 is 1.38 bits per heavy atom. The molecule has 0 radical (unpaired) electrons. The maximum Gasteiger partial charge on any atom is 0.141 e. The Balaban J connectivity index is 1.70. The number of aromatic nitrogens is 4. The Bertz CT molecular complexity index is 411. The molecule has 1 N–H and O–H groups in total. The van der Waals surface area contributed by atoms with E-state index in [9.17, 15) is 4.39 Å². The third-order valence-corrected chi connectivity index (χ3v) is 2.07. The van der Waals surface area contributed by atoms with E-state index in [0.717, 1.165) is 19.5 Å². The van der Waals surface area contributed by atoms with E-state index < -0.39 is 0 Å². The number of aryl methyl sites for hydroxylation is 1. The maximum absolute atomic E-state index is 12.6. The molecule has 0 saturated heterocycles. The summed E-state index contributed by atoms with van der Waals surface area (Å²) in [7, 11) is 0. The molecule has 0 saturated carbocycles. The fourth-order valence-electron chi connectivity index (χ4n) is 1.29. The molecule has 0 atom stereocenters. The minimum atomic E-state index is -0.326. The molecule has 2 aromatic heterocycles. The van der Waals surface area contributed by atoms with Crippen molar-refractivity contribution in [1.29, 1.82) is 0 Å². The topological polar surface area (TPSA) is 55.6 Å². The van der Waals surface area contributed by atoms with Gasteiger partial charge in [0.15, 0.2) is 0 Å². The molecule has 0 fully saturated rings. The van der Waals surface area contributed by atoms with Crippen LogP contribution >= 0.6 is 0 Å². The molecule has 0 aromatic carbocycles. The van der Waals surface area contributed by atoms with E-state index in [-0.39, 0.29) is 5.82 Å². The second kappa shape index (κ2) is 5.20. The molecular weight excluding hydrogens is 209 g/mol. The van der Waals surface area contributed by atoms with Gasteiger partial charge in [0, 0.05) is 19.3 Å². The second-order valence-corrected chi connectivity index (χ2v) is 3.31. The first-order valence-electron chi connectivity index (χ1n) is 5.04. The third kappa shape index (κ3) is 3.01. The predicted molar refractivity (Wildman–Crippen MR) is 57.3 cm³/mol. The summed E-state index contributed by atoms with van der Waals surface area (Å²) >= 11 is 0. The molecule has 0 aliphatic carbocycles. The number of halogens is 1. The first-order chi connectivity index (χ1) is 7.84. The molecule has 2 aromatic rings. The van der Waals surface area contributed by atoms with E-state index >= 15 is 0 Å². The fourth-order valence-corrected chi connectivity index (χ4v) is 1.29. The lowest BCUT2D eigenvalue weighted by atomic mass is 10.4. The van der Waals surface area contributed by atoms with E-state index in [1.165, 1.54) is 12.3 Å². The number of hydrogen-bond donors (Lipinski definition) is 1. The van der Waals surface area contributed by atoms with Crippen molar-refractivity contribution < 1.29 is 4.39 Å². The van der Waals surface area contributed by atoms with Crippen molar-refractivity contribution in [3.63, 3.8) is 0 Å². The highest BCUT2D eigenvalue weighted by molar-refractivity contribution is 5.33. The van der Waals surface area contributed by atoms with Crippen molar-refractivity contribution in [2.45, 2.75) is 13.0 Å². The molecule has 0 unspecified atom stereocenters. The van der Waals surface area contributed by atoms with Gasteiger partial charge < -0.3 is 5.32 Å². The molecular formula is C10H12FN5. The molecule has 2 heterocycles. The van der Waals surface area contributed by atoms with Gasteiger partial charge in [-0.2, -0.15) is 0 Å². The lowest BCUT2D eigenvalue weighted by Crippen LogP contribution is -2.08. The number of anilines is 1. The molecule has 16 heavy (non-hydrogen) atoms. The normalized spacial score (nSPS) is 10.3. The van der Waals surface area contributed by atoms with Crippen LogP contribution in [0.3, 0.4) is 0 Å². The van der Waals surface area contributed by atoms with Crippen LogP contribution in [0.1, 0.15) is 6.42 Å². The molecule has 2 rings (SSSR count). The van der Waals surface area contributed by atoms with Gasteiger partial charge in [-0.1, -0.05) is 5.21 Å². The smallest absolute Gasteiger partial charge is 0.141 e. The van der Waals surface area contributed by atoms with Crippen molar-refractivity contribution in [2.24, 2.45) is 0 Å². The Labute approximate surface area is 92.3 Å². The van der Waals surface area contributed by atoms with Gasteiger partial charge in [-0.05, 0) is 18.6 Å². The van der Waals surface area contributed by atoms with Crippen molar-refractivity contribution in [2.75, 3.05) is 11.9 Å². The van der Waals surface area contributed by atoms with Gasteiger partial charge in [-0.3, -0.25) is 4.68 Å². The number of nitrogens with zero attached hydrogens (tertiary/aromatic N) is 4. The fraction of sp³-hybridized carbons (Fsp3) is 0.300. The van der Waals surface area contributed by atoms with Crippen LogP contribution in [0.15, 0.2) is 30.7 Å². The first kappa shape index (κ1) is 10.5. The highest BCUT2D eigenvalue weighted by Gasteiger charge is 1.95. The van der Waals surface area contributed by atoms with E-state index in [2.05, 4.69) is 20.6 Å². The number of nitrogens with one attached hydrogen (secondary N) is 1. The van der Waals surface area contributed by atoms with Gasteiger partial charge in [0.2, 0.25) is 0 Å². The number of hydrogen-bond acceptors (Lipinski definition) is 4. The Morgan fingerprint density at radius 3 is 3.00 bits per heavy atom. The second-order valence-electron chi connectivity index (χ2n) is 3.31. The summed E-state index contributed by atoms with van der Waals surface area (Å²) in [6, 6.07) is 3.00. The summed E-state index contributed by atoms with van der Waals surface area (Å²) in [6.45, 7) is 1.56. The molecule has 6 heteroatoms. The standard InChI is InChI=1S/C10H12FN5/c11-9-2-3-10(13-8-9)12-4-1-6-16-7-5-14-15-16/h2-3,5,7-8H,1,4,6H2,(H,12,13). The largest absolute Gasteiger partial charge is 0.370 e. The summed E-state index contributed by atoms with van der Waals surface area (Å²) in [4.78, 5) is 3.89. The molecule has 5 nitrogen and oxygen atoms in total. The van der Waals surface area contributed by atoms with E-state index in [1.54, 1.807) is 16.9 Å². The van der Waals surface area contributed by atoms with Crippen molar-refractivity contribution in [1.82, 2.24) is 20.0 Å². The van der Waals surface area contributed by atoms with Crippen LogP contribution in [0.5, 0.6) is 0 Å². The van der Waals surface area contributed by atoms with Gasteiger partial charge >= 0.3 is 0 Å². The van der Waals surface area contributed by atoms with Crippen LogP contribution in [0.25, 0.3) is 0 Å². The summed E-state index contributed by atoms with van der Waals surface area (Å²) in [5.74, 6) is 0.355. The minimum Gasteiger partial charge on any atom is -0.370 e. The Hall–Kier alpha value is -1.98. The molecule has 0 aliphatic heterocycles. The summed E-state index contributed by atoms with van der Waals surface area (Å²) in [5.41, 5.74) is 0. The van der Waals surface area contributed by atoms with Crippen LogP contribution in [0.4, 0.5) is 10.2 Å². The van der Waals surface area contributed by atoms with Crippen molar-refractivity contribution in [3.8, 4) is 0 Å². The monoisotopic (exact) mass is 221 g/mol. The van der Waals surface area contributed by atoms with E-state index in [0.29, 0.717) is 5.82 Å². The van der Waals surface area contributed by atoms with Crippen LogP contribution in [-0.4, -0.2) is 26.5 Å². The Morgan fingerprint density at radius 2 is 2.31 bits per heavy atom. The van der Waals surface area contributed by atoms with E-state index in [1.807, 2.05) is 6.20 Å². The molecule has 0 amide bonds. The predicted octanol–water partition coefficient (Wildman–Crippen LogP) is 1.31. The zero-order chi connectivity index (χ0) is 11.2. The minimum absolute atomic E-state index is 0.326. The summed E-state index contributed by atoms with van der Waals surface area (Å²) in [5, 5.41) is 10.6. The van der Waals surface area contributed by atoms with Gasteiger partial charge in [-0.15, -0.1) is 5.10 Å². The van der Waals surface area contributed by atoms with Gasteiger partial charge in [0.25, 0.3) is 0 Å². The summed E-state index contributed by atoms with van der Waals surface area (Å²) in [6.07, 6.45) is 5.56. The van der Waals surface area contributed by atoms with Crippen LogP contribution in [0.2, 0.25) is 0 Å². The Kier molecular flexibility index (Phi) is 3.42. The average molecular weight is 221 g/mol. The number of rotatable bonds is 5. The lowest BCUT2D eigenvalue weighted by Gasteiger charge is -2.04. The molecule has 0 bridgehead atoms. The summed E-state index contributed by atoms with van der Waals surface area (Å²) < 4.78 is 14.3. The molecule has 0 spiro atoms. The zero-order valence-electron chi connectivity index (χ0n) is 8.67. The molecule has 84 valence electrons. The zero-order valence-corrected chi connectivity index (χ0v) is 8.67. The highest BCUT2D eigenvalue weighted by Crippen LogP contribution is 2.03. The van der Waals surface area contributed by atoms with E-state index in [4.69, 9.17) is 0 Å². The van der Waals surface area contributed by atoms with Crippen LogP contribution in [0, 0.1) is 5.82 Å². The van der Waals surface area contributed by atoms with Crippen molar-refractivity contribution >= 4 is 5.82 Å². The van der Waals surface area contributed by atoms with Gasteiger partial charge in [-0.25, -0.2) is 9.37 Å². The first-order valence-corrected chi connectivity index (χ1v) is 5.04. The quantitative estimate of drug-likeness (QED) is 0.773. The average Bonchev–Trinajstić information content (AvgIpc) is 2.80.